The van der Waals surface area contributed by atoms with E-state index in [1.807, 2.05) is 13.0 Å². The molecule has 3 aliphatic rings. The van der Waals surface area contributed by atoms with E-state index in [9.17, 15) is 9.18 Å². The number of pyridine rings is 1. The number of fused-ring (bicyclic) bond motifs is 1. The van der Waals surface area contributed by atoms with Gasteiger partial charge in [0.1, 0.15) is 11.3 Å². The number of nitrogens with one attached hydrogen (secondary N) is 1. The molecule has 0 bridgehead atoms. The van der Waals surface area contributed by atoms with Crippen molar-refractivity contribution in [2.24, 2.45) is 0 Å². The molecule has 2 aromatic carbocycles. The third-order valence-electron chi connectivity index (χ3n) is 7.63. The first-order chi connectivity index (χ1) is 16.0. The highest BCUT2D eigenvalue weighted by atomic mass is 19.1. The van der Waals surface area contributed by atoms with E-state index in [0.29, 0.717) is 5.52 Å². The van der Waals surface area contributed by atoms with Crippen LogP contribution in [0.1, 0.15) is 36.8 Å². The molecule has 6 rings (SSSR count). The molecule has 3 aromatic rings. The van der Waals surface area contributed by atoms with Gasteiger partial charge < -0.3 is 10.2 Å². The van der Waals surface area contributed by atoms with Crippen LogP contribution in [0.3, 0.4) is 0 Å². The van der Waals surface area contributed by atoms with Crippen LogP contribution in [0, 0.1) is 12.7 Å². The van der Waals surface area contributed by atoms with Crippen molar-refractivity contribution in [1.29, 1.82) is 0 Å². The number of nitrogens with zero attached hydrogens (tertiary/aromatic N) is 3. The number of halogens is 1. The first-order valence-electron chi connectivity index (χ1n) is 12.0. The topological polar surface area (TPSA) is 48.5 Å². The van der Waals surface area contributed by atoms with Crippen molar-refractivity contribution >= 4 is 28.2 Å². The fraction of sp³-hybridized carbons (Fsp3) is 0.407. The van der Waals surface area contributed by atoms with Crippen molar-refractivity contribution in [3.05, 3.63) is 65.6 Å². The van der Waals surface area contributed by atoms with Gasteiger partial charge in [-0.1, -0.05) is 18.2 Å². The van der Waals surface area contributed by atoms with Gasteiger partial charge in [-0.15, -0.1) is 0 Å². The van der Waals surface area contributed by atoms with Gasteiger partial charge in [-0.2, -0.15) is 0 Å². The first kappa shape index (κ1) is 20.6. The Labute approximate surface area is 193 Å². The van der Waals surface area contributed by atoms with Crippen LogP contribution in [0.5, 0.6) is 0 Å². The standard InChI is InChI=1S/C27H29FN4O/c1-18-4-5-20(32-15-13-31(14-16-32)19-6-7-19)17-24(18)30-26(33)27(10-11-27)22-8-9-23(28)25-21(22)3-2-12-29-25/h2-5,8-9,12,17,19H,6-7,10-11,13-16H2,1H3,(H,30,33). The lowest BCUT2D eigenvalue weighted by molar-refractivity contribution is -0.118. The molecule has 0 unspecified atom stereocenters. The van der Waals surface area contributed by atoms with Crippen molar-refractivity contribution in [1.82, 2.24) is 9.88 Å². The summed E-state index contributed by atoms with van der Waals surface area (Å²) in [5.74, 6) is -0.367. The fourth-order valence-corrected chi connectivity index (χ4v) is 5.27. The summed E-state index contributed by atoms with van der Waals surface area (Å²) in [6, 6.07) is 14.0. The van der Waals surface area contributed by atoms with Crippen LogP contribution in [-0.4, -0.2) is 48.0 Å². The predicted molar refractivity (Wildman–Crippen MR) is 129 cm³/mol. The molecule has 2 heterocycles. The van der Waals surface area contributed by atoms with Gasteiger partial charge in [-0.3, -0.25) is 14.7 Å². The second-order valence-electron chi connectivity index (χ2n) is 9.78. The van der Waals surface area contributed by atoms with Gasteiger partial charge >= 0.3 is 0 Å². The number of carbonyl (C=O) groups excluding carboxylic acids is 1. The van der Waals surface area contributed by atoms with E-state index < -0.39 is 5.41 Å². The monoisotopic (exact) mass is 444 g/mol. The lowest BCUT2D eigenvalue weighted by Crippen LogP contribution is -2.47. The molecule has 1 N–H and O–H groups in total. The van der Waals surface area contributed by atoms with Gasteiger partial charge in [0, 0.05) is 55.2 Å². The Hall–Kier alpha value is -2.99. The summed E-state index contributed by atoms with van der Waals surface area (Å²) < 4.78 is 14.3. The molecule has 1 amide bonds. The summed E-state index contributed by atoms with van der Waals surface area (Å²) in [6.45, 7) is 6.28. The molecular weight excluding hydrogens is 415 g/mol. The molecule has 33 heavy (non-hydrogen) atoms. The molecule has 0 atom stereocenters. The zero-order valence-electron chi connectivity index (χ0n) is 19.0. The summed E-state index contributed by atoms with van der Waals surface area (Å²) >= 11 is 0. The number of aromatic nitrogens is 1. The average Bonchev–Trinajstić information content (AvgIpc) is 3.75. The number of rotatable bonds is 5. The normalized spacial score (nSPS) is 20.1. The first-order valence-corrected chi connectivity index (χ1v) is 12.0. The minimum Gasteiger partial charge on any atom is -0.369 e. The molecule has 2 saturated carbocycles. The Morgan fingerprint density at radius 1 is 1.09 bits per heavy atom. The molecule has 170 valence electrons. The zero-order valence-corrected chi connectivity index (χ0v) is 19.0. The van der Waals surface area contributed by atoms with Gasteiger partial charge in [0.2, 0.25) is 5.91 Å². The quantitative estimate of drug-likeness (QED) is 0.623. The molecule has 1 saturated heterocycles. The highest BCUT2D eigenvalue weighted by Crippen LogP contribution is 2.51. The van der Waals surface area contributed by atoms with Gasteiger partial charge in [0.05, 0.1) is 5.41 Å². The molecule has 2 aliphatic carbocycles. The van der Waals surface area contributed by atoms with Crippen molar-refractivity contribution in [2.45, 2.75) is 44.1 Å². The van der Waals surface area contributed by atoms with E-state index in [2.05, 4.69) is 38.3 Å². The Morgan fingerprint density at radius 2 is 1.88 bits per heavy atom. The smallest absolute Gasteiger partial charge is 0.235 e. The van der Waals surface area contributed by atoms with E-state index in [1.54, 1.807) is 18.3 Å². The van der Waals surface area contributed by atoms with Gasteiger partial charge in [-0.25, -0.2) is 4.39 Å². The molecule has 5 nitrogen and oxygen atoms in total. The molecule has 1 aromatic heterocycles. The van der Waals surface area contributed by atoms with Crippen LogP contribution in [0.15, 0.2) is 48.7 Å². The Kier molecular flexibility index (Phi) is 4.87. The van der Waals surface area contributed by atoms with Crippen LogP contribution in [-0.2, 0) is 10.2 Å². The minimum atomic E-state index is -0.618. The van der Waals surface area contributed by atoms with Crippen molar-refractivity contribution in [3.63, 3.8) is 0 Å². The van der Waals surface area contributed by atoms with Crippen molar-refractivity contribution in [2.75, 3.05) is 36.4 Å². The van der Waals surface area contributed by atoms with Crippen LogP contribution < -0.4 is 10.2 Å². The Bertz CT molecular complexity index is 1230. The largest absolute Gasteiger partial charge is 0.369 e. The van der Waals surface area contributed by atoms with Crippen LogP contribution in [0.25, 0.3) is 10.9 Å². The summed E-state index contributed by atoms with van der Waals surface area (Å²) in [5.41, 5.74) is 3.65. The van der Waals surface area contributed by atoms with Crippen LogP contribution >= 0.6 is 0 Å². The number of hydrogen-bond acceptors (Lipinski definition) is 4. The number of aryl methyl sites for hydroxylation is 1. The van der Waals surface area contributed by atoms with Crippen LogP contribution in [0.4, 0.5) is 15.8 Å². The van der Waals surface area contributed by atoms with Crippen LogP contribution in [0.2, 0.25) is 0 Å². The number of carbonyl (C=O) groups is 1. The predicted octanol–water partition coefficient (Wildman–Crippen LogP) is 4.64. The summed E-state index contributed by atoms with van der Waals surface area (Å²) in [4.78, 5) is 22.8. The number of anilines is 2. The van der Waals surface area contributed by atoms with Crippen molar-refractivity contribution < 1.29 is 9.18 Å². The number of benzene rings is 2. The molecular formula is C27H29FN4O. The zero-order chi connectivity index (χ0) is 22.6. The lowest BCUT2D eigenvalue weighted by Gasteiger charge is -2.36. The molecule has 6 heteroatoms. The molecule has 1 aliphatic heterocycles. The number of hydrogen-bond donors (Lipinski definition) is 1. The molecule has 0 spiro atoms. The van der Waals surface area contributed by atoms with E-state index in [4.69, 9.17) is 0 Å². The molecule has 3 fully saturated rings. The maximum atomic E-state index is 14.3. The average molecular weight is 445 g/mol. The van der Waals surface area contributed by atoms with Crippen molar-refractivity contribution in [3.8, 4) is 0 Å². The highest BCUT2D eigenvalue weighted by molar-refractivity contribution is 6.05. The highest BCUT2D eigenvalue weighted by Gasteiger charge is 2.52. The van der Waals surface area contributed by atoms with E-state index in [-0.39, 0.29) is 11.7 Å². The summed E-state index contributed by atoms with van der Waals surface area (Å²) in [7, 11) is 0. The lowest BCUT2D eigenvalue weighted by atomic mass is 9.91. The van der Waals surface area contributed by atoms with Gasteiger partial charge in [0.15, 0.2) is 0 Å². The van der Waals surface area contributed by atoms with Gasteiger partial charge in [0.25, 0.3) is 0 Å². The molecule has 0 radical (unpaired) electrons. The summed E-state index contributed by atoms with van der Waals surface area (Å²) in [5, 5.41) is 3.94. The third kappa shape index (κ3) is 3.66. The fourth-order valence-electron chi connectivity index (χ4n) is 5.27. The number of piperazine rings is 1. The maximum Gasteiger partial charge on any atom is 0.235 e. The van der Waals surface area contributed by atoms with E-state index in [0.717, 1.165) is 73.0 Å². The minimum absolute atomic E-state index is 0.0157. The van der Waals surface area contributed by atoms with E-state index in [1.165, 1.54) is 18.9 Å². The number of amides is 1. The second-order valence-corrected chi connectivity index (χ2v) is 9.78. The maximum absolute atomic E-state index is 14.3. The van der Waals surface area contributed by atoms with E-state index >= 15 is 0 Å². The SMILES string of the molecule is Cc1ccc(N2CCN(C3CC3)CC2)cc1NC(=O)C1(c2ccc(F)c3ncccc23)CC1. The third-order valence-corrected chi connectivity index (χ3v) is 7.63. The Morgan fingerprint density at radius 3 is 2.61 bits per heavy atom. The second kappa shape index (κ2) is 7.80. The summed E-state index contributed by atoms with van der Waals surface area (Å²) in [6.07, 6.45) is 5.81. The van der Waals surface area contributed by atoms with Gasteiger partial charge in [-0.05, 0) is 68.0 Å². The Balaban J connectivity index is 1.24.